The maximum absolute atomic E-state index is 14.1. The lowest BCUT2D eigenvalue weighted by molar-refractivity contribution is -0.161. The number of carbonyl (C=O) groups is 2. The first kappa shape index (κ1) is 33.5. The maximum Gasteiger partial charge on any atom is 0.399 e. The summed E-state index contributed by atoms with van der Waals surface area (Å²) in [6.07, 6.45) is 3.05. The highest BCUT2D eigenvalue weighted by Gasteiger charge is 2.65. The quantitative estimate of drug-likeness (QED) is 0.227. The Bertz CT molecular complexity index is 2270. The summed E-state index contributed by atoms with van der Waals surface area (Å²) in [5, 5.41) is 12.5. The maximum atomic E-state index is 14.1. The third-order valence-corrected chi connectivity index (χ3v) is 11.7. The molecular weight excluding hydrogens is 683 g/mol. The Balaban J connectivity index is 0.844. The average Bonchev–Trinajstić information content (AvgIpc) is 3.38. The summed E-state index contributed by atoms with van der Waals surface area (Å²) in [5.74, 6) is 0.795. The second-order valence-electron chi connectivity index (χ2n) is 14.9. The number of benzene rings is 2. The van der Waals surface area contributed by atoms with Crippen molar-refractivity contribution in [3.63, 3.8) is 0 Å². The Morgan fingerprint density at radius 2 is 1.72 bits per heavy atom. The van der Waals surface area contributed by atoms with Gasteiger partial charge in [-0.25, -0.2) is 4.98 Å². The zero-order valence-electron chi connectivity index (χ0n) is 29.2. The van der Waals surface area contributed by atoms with Crippen LogP contribution in [0.1, 0.15) is 43.4 Å². The molecule has 2 amide bonds. The standard InChI is InChI=1S/C39H38F3N9O2/c1-48-24-44-35(47-48)27-4-2-25(3-5-27)26-9-16-50(17-10-26)33(52)22-49-18-13-37(23-49)14-19-51(36(37)53)29-6-7-31-30(21-29)34(46-45-31)28-8-15-43-32(20-28)38(11-12-38)39(40,41)42/h2-9,15,20-21,24H,10-14,16-19,22-23H2,1H3,(H,45,46). The summed E-state index contributed by atoms with van der Waals surface area (Å²) < 4.78 is 43.3. The second kappa shape index (κ2) is 12.4. The molecule has 9 rings (SSSR count). The average molecular weight is 722 g/mol. The molecule has 53 heavy (non-hydrogen) atoms. The summed E-state index contributed by atoms with van der Waals surface area (Å²) in [4.78, 5) is 41.7. The fraction of sp³-hybridized carbons (Fsp3) is 0.385. The predicted octanol–water partition coefficient (Wildman–Crippen LogP) is 5.76. The van der Waals surface area contributed by atoms with E-state index in [1.165, 1.54) is 17.8 Å². The van der Waals surface area contributed by atoms with E-state index in [-0.39, 0.29) is 36.9 Å². The van der Waals surface area contributed by atoms with Crippen LogP contribution in [0.4, 0.5) is 18.9 Å². The van der Waals surface area contributed by atoms with E-state index in [1.807, 2.05) is 42.3 Å². The van der Waals surface area contributed by atoms with Gasteiger partial charge < -0.3 is 9.80 Å². The van der Waals surface area contributed by atoms with Crippen molar-refractivity contribution in [3.05, 3.63) is 84.5 Å². The lowest BCUT2D eigenvalue weighted by Gasteiger charge is -2.29. The minimum atomic E-state index is -4.36. The van der Waals surface area contributed by atoms with Gasteiger partial charge in [0.05, 0.1) is 23.2 Å². The monoisotopic (exact) mass is 721 g/mol. The van der Waals surface area contributed by atoms with E-state index in [0.717, 1.165) is 34.1 Å². The number of rotatable bonds is 7. The highest BCUT2D eigenvalue weighted by molar-refractivity contribution is 6.03. The van der Waals surface area contributed by atoms with Gasteiger partial charge in [0.15, 0.2) is 5.82 Å². The molecule has 2 aromatic carbocycles. The van der Waals surface area contributed by atoms with Crippen LogP contribution in [0.3, 0.4) is 0 Å². The van der Waals surface area contributed by atoms with Crippen LogP contribution in [-0.4, -0.2) is 97.0 Å². The molecule has 11 nitrogen and oxygen atoms in total. The SMILES string of the molecule is Cn1cnc(-c2ccc(C3=CCN(C(=O)CN4CCC5(CCN(c6ccc7[nH]nc(-c8ccnc(C9(C(F)(F)F)CC9)c8)c7c6)C5=O)C4)CC3)cc2)n1. The number of nitrogens with one attached hydrogen (secondary N) is 1. The van der Waals surface area contributed by atoms with Gasteiger partial charge in [-0.1, -0.05) is 30.3 Å². The number of hydrogen-bond acceptors (Lipinski definition) is 7. The van der Waals surface area contributed by atoms with Crippen LogP contribution in [0.2, 0.25) is 0 Å². The topological polar surface area (TPSA) is 116 Å². The summed E-state index contributed by atoms with van der Waals surface area (Å²) in [7, 11) is 1.84. The van der Waals surface area contributed by atoms with E-state index in [4.69, 9.17) is 0 Å². The number of amides is 2. The van der Waals surface area contributed by atoms with Crippen molar-refractivity contribution in [2.24, 2.45) is 12.5 Å². The lowest BCUT2D eigenvalue weighted by atomic mass is 9.85. The molecule has 1 aliphatic carbocycles. The van der Waals surface area contributed by atoms with Crippen LogP contribution in [0.5, 0.6) is 0 Å². The van der Waals surface area contributed by atoms with Gasteiger partial charge in [0, 0.05) is 61.6 Å². The van der Waals surface area contributed by atoms with Gasteiger partial charge in [-0.15, -0.1) is 0 Å². The normalized spacial score (nSPS) is 21.6. The number of hydrogen-bond donors (Lipinski definition) is 1. The molecular formula is C39H38F3N9O2. The van der Waals surface area contributed by atoms with Crippen molar-refractivity contribution in [2.45, 2.75) is 43.7 Å². The third-order valence-electron chi connectivity index (χ3n) is 11.7. The van der Waals surface area contributed by atoms with Crippen molar-refractivity contribution in [3.8, 4) is 22.6 Å². The summed E-state index contributed by atoms with van der Waals surface area (Å²) in [6, 6.07) is 17.0. The number of anilines is 1. The number of alkyl halides is 3. The number of H-pyrrole nitrogens is 1. The van der Waals surface area contributed by atoms with Gasteiger partial charge in [-0.05, 0) is 80.1 Å². The highest BCUT2D eigenvalue weighted by atomic mass is 19.4. The fourth-order valence-corrected chi connectivity index (χ4v) is 8.33. The first-order valence-corrected chi connectivity index (χ1v) is 18.0. The molecule has 1 unspecified atom stereocenters. The van der Waals surface area contributed by atoms with Crippen LogP contribution in [0, 0.1) is 5.41 Å². The van der Waals surface area contributed by atoms with Gasteiger partial charge >= 0.3 is 6.18 Å². The molecule has 4 aliphatic rings. The van der Waals surface area contributed by atoms with Crippen molar-refractivity contribution < 1.29 is 22.8 Å². The van der Waals surface area contributed by atoms with Crippen molar-refractivity contribution in [1.82, 2.24) is 39.7 Å². The van der Waals surface area contributed by atoms with Crippen LogP contribution in [0.25, 0.3) is 39.1 Å². The number of aromatic amines is 1. The minimum Gasteiger partial charge on any atom is -0.338 e. The van der Waals surface area contributed by atoms with Gasteiger partial charge in [0.1, 0.15) is 17.4 Å². The molecule has 1 atom stereocenters. The number of carbonyl (C=O) groups excluding carboxylic acids is 2. The molecule has 3 aliphatic heterocycles. The molecule has 3 aromatic heterocycles. The van der Waals surface area contributed by atoms with E-state index in [1.54, 1.807) is 22.0 Å². The fourth-order valence-electron chi connectivity index (χ4n) is 8.33. The molecule has 1 saturated carbocycles. The van der Waals surface area contributed by atoms with Gasteiger partial charge in [0.2, 0.25) is 11.8 Å². The molecule has 0 radical (unpaired) electrons. The molecule has 14 heteroatoms. The van der Waals surface area contributed by atoms with Crippen LogP contribution in [-0.2, 0) is 22.1 Å². The molecule has 0 bridgehead atoms. The summed E-state index contributed by atoms with van der Waals surface area (Å²) in [6.45, 7) is 3.21. The van der Waals surface area contributed by atoms with Crippen molar-refractivity contribution >= 4 is 34.0 Å². The van der Waals surface area contributed by atoms with E-state index >= 15 is 0 Å². The molecule has 5 aromatic rings. The summed E-state index contributed by atoms with van der Waals surface area (Å²) >= 11 is 0. The van der Waals surface area contributed by atoms with E-state index < -0.39 is 17.0 Å². The second-order valence-corrected chi connectivity index (χ2v) is 14.9. The lowest BCUT2D eigenvalue weighted by Crippen LogP contribution is -2.43. The Morgan fingerprint density at radius 1 is 0.925 bits per heavy atom. The van der Waals surface area contributed by atoms with E-state index in [9.17, 15) is 22.8 Å². The number of halogens is 3. The first-order chi connectivity index (χ1) is 25.5. The van der Waals surface area contributed by atoms with Gasteiger partial charge in [0.25, 0.3) is 0 Å². The highest BCUT2D eigenvalue weighted by Crippen LogP contribution is 2.58. The Labute approximate surface area is 303 Å². The number of aryl methyl sites for hydroxylation is 1. The third kappa shape index (κ3) is 5.79. The molecule has 1 spiro atoms. The molecule has 1 N–H and O–H groups in total. The molecule has 2 saturated heterocycles. The molecule has 3 fully saturated rings. The van der Waals surface area contributed by atoms with Crippen molar-refractivity contribution in [1.29, 1.82) is 0 Å². The molecule has 272 valence electrons. The van der Waals surface area contributed by atoms with Gasteiger partial charge in [-0.2, -0.15) is 23.4 Å². The Morgan fingerprint density at radius 3 is 2.43 bits per heavy atom. The number of aromatic nitrogens is 6. The Kier molecular flexibility index (Phi) is 7.80. The molecule has 6 heterocycles. The predicted molar refractivity (Wildman–Crippen MR) is 192 cm³/mol. The number of fused-ring (bicyclic) bond motifs is 1. The zero-order valence-corrected chi connectivity index (χ0v) is 29.2. The Hall–Kier alpha value is -5.37. The van der Waals surface area contributed by atoms with Crippen LogP contribution in [0.15, 0.2) is 73.2 Å². The van der Waals surface area contributed by atoms with E-state index in [0.29, 0.717) is 62.6 Å². The number of pyridine rings is 1. The number of likely N-dealkylation sites (tertiary alicyclic amines) is 1. The minimum absolute atomic E-state index is 0.0125. The number of nitrogens with zero attached hydrogens (tertiary/aromatic N) is 8. The van der Waals surface area contributed by atoms with Crippen LogP contribution >= 0.6 is 0 Å². The summed E-state index contributed by atoms with van der Waals surface area (Å²) in [5.41, 5.74) is 3.37. The first-order valence-electron chi connectivity index (χ1n) is 18.0. The van der Waals surface area contributed by atoms with E-state index in [2.05, 4.69) is 48.4 Å². The van der Waals surface area contributed by atoms with Gasteiger partial charge in [-0.3, -0.25) is 29.3 Å². The zero-order chi connectivity index (χ0) is 36.5. The smallest absolute Gasteiger partial charge is 0.338 e. The van der Waals surface area contributed by atoms with Crippen molar-refractivity contribution in [2.75, 3.05) is 44.2 Å². The van der Waals surface area contributed by atoms with Crippen LogP contribution < -0.4 is 4.90 Å². The largest absolute Gasteiger partial charge is 0.399 e.